The van der Waals surface area contributed by atoms with Crippen LogP contribution >= 0.6 is 0 Å². The summed E-state index contributed by atoms with van der Waals surface area (Å²) >= 11 is 0. The summed E-state index contributed by atoms with van der Waals surface area (Å²) in [6.45, 7) is 1.07. The Labute approximate surface area is 149 Å². The summed E-state index contributed by atoms with van der Waals surface area (Å²) in [5, 5.41) is 2.60. The molecule has 2 rings (SSSR count). The number of hydrogen-bond donors (Lipinski definition) is 1. The van der Waals surface area contributed by atoms with Gasteiger partial charge in [0.2, 0.25) is 0 Å². The van der Waals surface area contributed by atoms with Crippen molar-refractivity contribution in [2.75, 3.05) is 13.7 Å². The minimum Gasteiger partial charge on any atom is -0.493 e. The van der Waals surface area contributed by atoms with Gasteiger partial charge in [-0.05, 0) is 44.4 Å². The molecule has 26 heavy (non-hydrogen) atoms. The Balaban J connectivity index is 1.90. The molecule has 0 heterocycles. The number of carbonyl (C=O) groups is 2. The quantitative estimate of drug-likeness (QED) is 0.775. The molecule has 0 saturated heterocycles. The first-order valence-electron chi connectivity index (χ1n) is 8.38. The molecule has 0 spiro atoms. The van der Waals surface area contributed by atoms with Gasteiger partial charge in [0.1, 0.15) is 0 Å². The first kappa shape index (κ1) is 20.1. The number of amides is 1. The lowest BCUT2D eigenvalue weighted by atomic mass is 9.85. The minimum atomic E-state index is -4.23. The Kier molecular flexibility index (Phi) is 6.50. The van der Waals surface area contributed by atoms with Gasteiger partial charge in [0, 0.05) is 11.6 Å². The minimum absolute atomic E-state index is 0.103. The average molecular weight is 373 g/mol. The molecule has 1 amide bonds. The van der Waals surface area contributed by atoms with Crippen LogP contribution in [0.4, 0.5) is 13.2 Å². The number of halogens is 3. The van der Waals surface area contributed by atoms with Crippen LogP contribution in [0.5, 0.6) is 11.5 Å². The smallest absolute Gasteiger partial charge is 0.391 e. The van der Waals surface area contributed by atoms with Gasteiger partial charge >= 0.3 is 6.18 Å². The van der Waals surface area contributed by atoms with E-state index in [0.717, 1.165) is 0 Å². The van der Waals surface area contributed by atoms with E-state index in [9.17, 15) is 22.8 Å². The number of ketones is 1. The third-order valence-electron chi connectivity index (χ3n) is 4.43. The molecule has 1 aliphatic carbocycles. The lowest BCUT2D eigenvalue weighted by Crippen LogP contribution is -2.43. The Morgan fingerprint density at radius 3 is 2.58 bits per heavy atom. The predicted octanol–water partition coefficient (Wildman–Crippen LogP) is 3.51. The summed E-state index contributed by atoms with van der Waals surface area (Å²) in [5.41, 5.74) is 0.444. The maximum absolute atomic E-state index is 12.8. The summed E-state index contributed by atoms with van der Waals surface area (Å²) in [5.74, 6) is -1.41. The summed E-state index contributed by atoms with van der Waals surface area (Å²) in [6.07, 6.45) is -3.28. The maximum Gasteiger partial charge on any atom is 0.391 e. The van der Waals surface area contributed by atoms with Crippen molar-refractivity contribution in [3.63, 3.8) is 0 Å². The van der Waals surface area contributed by atoms with Gasteiger partial charge in [-0.2, -0.15) is 13.2 Å². The Hall–Kier alpha value is -2.25. The standard InChI is InChI=1S/C18H22F3NO4/c1-11(23)12-6-7-15(16(8-12)25-2)26-10-17(24)22-14-5-3-4-13(9-14)18(19,20)21/h6-8,13-14H,3-5,9-10H2,1-2H3,(H,22,24)/t13-,14+/m0/s1. The van der Waals surface area contributed by atoms with Crippen LogP contribution in [0.25, 0.3) is 0 Å². The van der Waals surface area contributed by atoms with Gasteiger partial charge < -0.3 is 14.8 Å². The number of methoxy groups -OCH3 is 1. The zero-order valence-electron chi connectivity index (χ0n) is 14.7. The first-order chi connectivity index (χ1) is 12.2. The highest BCUT2D eigenvalue weighted by atomic mass is 19.4. The Morgan fingerprint density at radius 2 is 1.96 bits per heavy atom. The average Bonchev–Trinajstić information content (AvgIpc) is 2.59. The molecule has 2 atom stereocenters. The SMILES string of the molecule is COc1cc(C(C)=O)ccc1OCC(=O)N[C@@H]1CCC[C@H](C(F)(F)F)C1. The van der Waals surface area contributed by atoms with Gasteiger partial charge in [0.25, 0.3) is 5.91 Å². The number of ether oxygens (including phenoxy) is 2. The van der Waals surface area contributed by atoms with Crippen molar-refractivity contribution in [3.8, 4) is 11.5 Å². The van der Waals surface area contributed by atoms with E-state index in [1.807, 2.05) is 0 Å². The fourth-order valence-electron chi connectivity index (χ4n) is 3.04. The number of benzene rings is 1. The van der Waals surface area contributed by atoms with Crippen LogP contribution in [0.1, 0.15) is 43.0 Å². The van der Waals surface area contributed by atoms with Gasteiger partial charge in [0.05, 0.1) is 13.0 Å². The van der Waals surface area contributed by atoms with Crippen LogP contribution in [0.2, 0.25) is 0 Å². The highest BCUT2D eigenvalue weighted by Crippen LogP contribution is 2.37. The molecular formula is C18H22F3NO4. The number of rotatable bonds is 6. The second kappa shape index (κ2) is 8.42. The van der Waals surface area contributed by atoms with Gasteiger partial charge in [0.15, 0.2) is 23.9 Å². The fraction of sp³-hybridized carbons (Fsp3) is 0.556. The van der Waals surface area contributed by atoms with Crippen molar-refractivity contribution >= 4 is 11.7 Å². The van der Waals surface area contributed by atoms with E-state index in [0.29, 0.717) is 24.2 Å². The fourth-order valence-corrected chi connectivity index (χ4v) is 3.04. The Morgan fingerprint density at radius 1 is 1.23 bits per heavy atom. The van der Waals surface area contributed by atoms with Gasteiger partial charge in [-0.1, -0.05) is 6.42 Å². The number of alkyl halides is 3. The first-order valence-corrected chi connectivity index (χ1v) is 8.38. The molecule has 0 radical (unpaired) electrons. The molecule has 5 nitrogen and oxygen atoms in total. The normalized spacial score (nSPS) is 20.3. The molecule has 1 aromatic carbocycles. The highest BCUT2D eigenvalue weighted by molar-refractivity contribution is 5.94. The molecule has 0 unspecified atom stereocenters. The van der Waals surface area contributed by atoms with Crippen molar-refractivity contribution in [1.82, 2.24) is 5.32 Å². The lowest BCUT2D eigenvalue weighted by Gasteiger charge is -2.31. The number of carbonyl (C=O) groups excluding carboxylic acids is 2. The van der Waals surface area contributed by atoms with E-state index in [1.165, 1.54) is 26.2 Å². The van der Waals surface area contributed by atoms with Crippen LogP contribution in [0, 0.1) is 5.92 Å². The van der Waals surface area contributed by atoms with Gasteiger partial charge in [-0.15, -0.1) is 0 Å². The number of nitrogens with one attached hydrogen (secondary N) is 1. The molecule has 1 saturated carbocycles. The summed E-state index contributed by atoms with van der Waals surface area (Å²) < 4.78 is 49.0. The molecular weight excluding hydrogens is 351 g/mol. The third-order valence-corrected chi connectivity index (χ3v) is 4.43. The second-order valence-corrected chi connectivity index (χ2v) is 6.38. The third kappa shape index (κ3) is 5.37. The Bertz CT molecular complexity index is 660. The molecule has 0 aromatic heterocycles. The van der Waals surface area contributed by atoms with E-state index in [-0.39, 0.29) is 31.0 Å². The van der Waals surface area contributed by atoms with E-state index in [2.05, 4.69) is 5.32 Å². The van der Waals surface area contributed by atoms with Crippen molar-refractivity contribution in [3.05, 3.63) is 23.8 Å². The largest absolute Gasteiger partial charge is 0.493 e. The van der Waals surface area contributed by atoms with Gasteiger partial charge in [-0.25, -0.2) is 0 Å². The van der Waals surface area contributed by atoms with Crippen molar-refractivity contribution in [1.29, 1.82) is 0 Å². The van der Waals surface area contributed by atoms with Crippen LogP contribution in [-0.4, -0.2) is 37.6 Å². The highest BCUT2D eigenvalue weighted by Gasteiger charge is 2.42. The summed E-state index contributed by atoms with van der Waals surface area (Å²) in [6, 6.07) is 4.06. The second-order valence-electron chi connectivity index (χ2n) is 6.38. The molecule has 8 heteroatoms. The molecule has 144 valence electrons. The predicted molar refractivity (Wildman–Crippen MR) is 88.4 cm³/mol. The van der Waals surface area contributed by atoms with Crippen molar-refractivity contribution < 1.29 is 32.2 Å². The van der Waals surface area contributed by atoms with E-state index < -0.39 is 24.0 Å². The van der Waals surface area contributed by atoms with Crippen molar-refractivity contribution in [2.24, 2.45) is 5.92 Å². The van der Waals surface area contributed by atoms with E-state index in [1.54, 1.807) is 6.07 Å². The molecule has 0 aliphatic heterocycles. The number of Topliss-reactive ketones (excluding diaryl/α,β-unsaturated/α-hetero) is 1. The van der Waals surface area contributed by atoms with Crippen molar-refractivity contribution in [2.45, 2.75) is 44.8 Å². The van der Waals surface area contributed by atoms with Crippen LogP contribution < -0.4 is 14.8 Å². The number of hydrogen-bond acceptors (Lipinski definition) is 4. The van der Waals surface area contributed by atoms with Crippen LogP contribution in [0.15, 0.2) is 18.2 Å². The zero-order chi connectivity index (χ0) is 19.3. The van der Waals surface area contributed by atoms with Gasteiger partial charge in [-0.3, -0.25) is 9.59 Å². The van der Waals surface area contributed by atoms with Crippen LogP contribution in [-0.2, 0) is 4.79 Å². The topological polar surface area (TPSA) is 64.6 Å². The molecule has 0 bridgehead atoms. The van der Waals surface area contributed by atoms with E-state index >= 15 is 0 Å². The molecule has 1 N–H and O–H groups in total. The van der Waals surface area contributed by atoms with E-state index in [4.69, 9.17) is 9.47 Å². The zero-order valence-corrected chi connectivity index (χ0v) is 14.7. The maximum atomic E-state index is 12.8. The molecule has 1 aromatic rings. The summed E-state index contributed by atoms with van der Waals surface area (Å²) in [4.78, 5) is 23.4. The molecule has 1 fully saturated rings. The molecule has 1 aliphatic rings. The lowest BCUT2D eigenvalue weighted by molar-refractivity contribution is -0.184. The summed E-state index contributed by atoms with van der Waals surface area (Å²) in [7, 11) is 1.41. The monoisotopic (exact) mass is 373 g/mol. The van der Waals surface area contributed by atoms with Crippen LogP contribution in [0.3, 0.4) is 0 Å².